The SMILES string of the molecule is CO[C@H](C(=O)N/N=C\c1ccccc1[N+](=O)[O-])c1ccccc1. The van der Waals surface area contributed by atoms with Gasteiger partial charge in [-0.2, -0.15) is 5.10 Å². The number of nitro benzene ring substituents is 1. The summed E-state index contributed by atoms with van der Waals surface area (Å²) in [4.78, 5) is 22.5. The molecule has 0 fully saturated rings. The summed E-state index contributed by atoms with van der Waals surface area (Å²) in [5, 5.41) is 14.7. The largest absolute Gasteiger partial charge is 0.367 e. The van der Waals surface area contributed by atoms with Crippen molar-refractivity contribution in [2.45, 2.75) is 6.10 Å². The Labute approximate surface area is 132 Å². The molecule has 2 aromatic rings. The van der Waals surface area contributed by atoms with Crippen molar-refractivity contribution in [2.24, 2.45) is 5.10 Å². The number of methoxy groups -OCH3 is 1. The van der Waals surface area contributed by atoms with E-state index in [1.165, 1.54) is 19.4 Å². The lowest BCUT2D eigenvalue weighted by atomic mass is 10.1. The Bertz CT molecular complexity index is 716. The third-order valence-corrected chi connectivity index (χ3v) is 3.09. The standard InChI is InChI=1S/C16H15N3O4/c1-23-15(12-7-3-2-4-8-12)16(20)18-17-11-13-9-5-6-10-14(13)19(21)22/h2-11,15H,1H3,(H,18,20)/b17-11-/t15-/m0/s1. The normalized spacial score (nSPS) is 12.0. The number of carbonyl (C=O) groups excluding carboxylic acids is 1. The maximum absolute atomic E-state index is 12.1. The Morgan fingerprint density at radius 1 is 1.22 bits per heavy atom. The Morgan fingerprint density at radius 2 is 1.87 bits per heavy atom. The van der Waals surface area contributed by atoms with E-state index in [4.69, 9.17) is 4.74 Å². The average Bonchev–Trinajstić information content (AvgIpc) is 2.57. The molecule has 0 saturated carbocycles. The predicted octanol–water partition coefficient (Wildman–Crippen LogP) is 2.43. The first kappa shape index (κ1) is 16.3. The molecule has 0 aliphatic rings. The first-order chi connectivity index (χ1) is 11.1. The molecule has 1 atom stereocenters. The minimum Gasteiger partial charge on any atom is -0.367 e. The highest BCUT2D eigenvalue weighted by Gasteiger charge is 2.19. The van der Waals surface area contributed by atoms with Crippen molar-refractivity contribution < 1.29 is 14.5 Å². The maximum Gasteiger partial charge on any atom is 0.278 e. The van der Waals surface area contributed by atoms with Crippen molar-refractivity contribution in [3.63, 3.8) is 0 Å². The molecule has 0 heterocycles. The van der Waals surface area contributed by atoms with Gasteiger partial charge in [-0.05, 0) is 11.6 Å². The monoisotopic (exact) mass is 313 g/mol. The van der Waals surface area contributed by atoms with Crippen LogP contribution in [0.4, 0.5) is 5.69 Å². The van der Waals surface area contributed by atoms with Crippen LogP contribution in [0.25, 0.3) is 0 Å². The number of para-hydroxylation sites is 1. The number of ether oxygens (including phenoxy) is 1. The number of hydrazone groups is 1. The molecule has 2 rings (SSSR count). The van der Waals surface area contributed by atoms with E-state index in [0.29, 0.717) is 11.1 Å². The highest BCUT2D eigenvalue weighted by molar-refractivity contribution is 5.87. The summed E-state index contributed by atoms with van der Waals surface area (Å²) < 4.78 is 5.17. The Morgan fingerprint density at radius 3 is 2.52 bits per heavy atom. The van der Waals surface area contributed by atoms with Crippen molar-refractivity contribution in [2.75, 3.05) is 7.11 Å². The van der Waals surface area contributed by atoms with Gasteiger partial charge in [-0.15, -0.1) is 0 Å². The minimum atomic E-state index is -0.806. The van der Waals surface area contributed by atoms with Gasteiger partial charge in [0.2, 0.25) is 0 Å². The van der Waals surface area contributed by atoms with E-state index >= 15 is 0 Å². The van der Waals surface area contributed by atoms with Crippen molar-refractivity contribution in [1.29, 1.82) is 0 Å². The number of nitrogens with zero attached hydrogens (tertiary/aromatic N) is 2. The molecule has 1 N–H and O–H groups in total. The van der Waals surface area contributed by atoms with Crippen LogP contribution < -0.4 is 5.43 Å². The fourth-order valence-electron chi connectivity index (χ4n) is 2.01. The lowest BCUT2D eigenvalue weighted by Gasteiger charge is -2.13. The molecule has 0 saturated heterocycles. The minimum absolute atomic E-state index is 0.0863. The molecule has 0 aliphatic carbocycles. The third kappa shape index (κ3) is 4.21. The van der Waals surface area contributed by atoms with Gasteiger partial charge in [-0.25, -0.2) is 5.43 Å². The molecular formula is C16H15N3O4. The van der Waals surface area contributed by atoms with Gasteiger partial charge in [0.1, 0.15) is 0 Å². The van der Waals surface area contributed by atoms with Gasteiger partial charge in [-0.1, -0.05) is 42.5 Å². The summed E-state index contributed by atoms with van der Waals surface area (Å²) in [7, 11) is 1.42. The molecule has 118 valence electrons. The lowest BCUT2D eigenvalue weighted by molar-refractivity contribution is -0.385. The molecule has 0 radical (unpaired) electrons. The van der Waals surface area contributed by atoms with Gasteiger partial charge >= 0.3 is 0 Å². The number of carbonyl (C=O) groups is 1. The lowest BCUT2D eigenvalue weighted by Crippen LogP contribution is -2.26. The molecule has 0 spiro atoms. The number of hydrogen-bond donors (Lipinski definition) is 1. The van der Waals surface area contributed by atoms with Crippen molar-refractivity contribution >= 4 is 17.8 Å². The summed E-state index contributed by atoms with van der Waals surface area (Å²) in [5.74, 6) is -0.464. The Kier molecular flexibility index (Phi) is 5.54. The van der Waals surface area contributed by atoms with Crippen LogP contribution in [-0.2, 0) is 9.53 Å². The van der Waals surface area contributed by atoms with E-state index < -0.39 is 16.9 Å². The van der Waals surface area contributed by atoms with Gasteiger partial charge in [0.15, 0.2) is 6.10 Å². The van der Waals surface area contributed by atoms with Crippen molar-refractivity contribution in [3.05, 3.63) is 75.8 Å². The fourth-order valence-corrected chi connectivity index (χ4v) is 2.01. The van der Waals surface area contributed by atoms with Crippen molar-refractivity contribution in [3.8, 4) is 0 Å². The Hall–Kier alpha value is -3.06. The van der Waals surface area contributed by atoms with Crippen LogP contribution >= 0.6 is 0 Å². The number of rotatable bonds is 6. The summed E-state index contributed by atoms with van der Waals surface area (Å²) in [6.07, 6.45) is 0.424. The van der Waals surface area contributed by atoms with Crippen LogP contribution in [0.3, 0.4) is 0 Å². The molecule has 0 aliphatic heterocycles. The van der Waals surface area contributed by atoms with E-state index in [0.717, 1.165) is 0 Å². The quantitative estimate of drug-likeness (QED) is 0.503. The number of nitrogens with one attached hydrogen (secondary N) is 1. The van der Waals surface area contributed by atoms with E-state index in [1.807, 2.05) is 6.07 Å². The summed E-state index contributed by atoms with van der Waals surface area (Å²) >= 11 is 0. The number of nitro groups is 1. The van der Waals surface area contributed by atoms with Gasteiger partial charge in [0.25, 0.3) is 11.6 Å². The number of amides is 1. The Balaban J connectivity index is 2.08. The van der Waals surface area contributed by atoms with Gasteiger partial charge in [0.05, 0.1) is 16.7 Å². The van der Waals surface area contributed by atoms with E-state index in [2.05, 4.69) is 10.5 Å². The summed E-state index contributed by atoms with van der Waals surface area (Å²) in [5.41, 5.74) is 3.23. The molecule has 0 bridgehead atoms. The second-order valence-electron chi connectivity index (χ2n) is 4.58. The van der Waals surface area contributed by atoms with Crippen LogP contribution in [0.15, 0.2) is 59.7 Å². The predicted molar refractivity (Wildman–Crippen MR) is 85.0 cm³/mol. The molecular weight excluding hydrogens is 298 g/mol. The van der Waals surface area contributed by atoms with E-state index in [9.17, 15) is 14.9 Å². The first-order valence-corrected chi connectivity index (χ1v) is 6.77. The highest BCUT2D eigenvalue weighted by Crippen LogP contribution is 2.17. The third-order valence-electron chi connectivity index (χ3n) is 3.09. The maximum atomic E-state index is 12.1. The van der Waals surface area contributed by atoms with Gasteiger partial charge in [0, 0.05) is 13.2 Å². The number of hydrogen-bond acceptors (Lipinski definition) is 5. The zero-order chi connectivity index (χ0) is 16.7. The van der Waals surface area contributed by atoms with Crippen LogP contribution in [0.1, 0.15) is 17.2 Å². The van der Waals surface area contributed by atoms with Crippen LogP contribution in [0.2, 0.25) is 0 Å². The summed E-state index contributed by atoms with van der Waals surface area (Å²) in [6.45, 7) is 0. The van der Waals surface area contributed by atoms with Gasteiger partial charge in [-0.3, -0.25) is 14.9 Å². The van der Waals surface area contributed by atoms with E-state index in [-0.39, 0.29) is 5.69 Å². The van der Waals surface area contributed by atoms with E-state index in [1.54, 1.807) is 42.5 Å². The highest BCUT2D eigenvalue weighted by atomic mass is 16.6. The molecule has 23 heavy (non-hydrogen) atoms. The first-order valence-electron chi connectivity index (χ1n) is 6.77. The second kappa shape index (κ2) is 7.81. The molecule has 7 nitrogen and oxygen atoms in total. The van der Waals surface area contributed by atoms with Crippen LogP contribution in [-0.4, -0.2) is 24.2 Å². The summed E-state index contributed by atoms with van der Waals surface area (Å²) in [6, 6.07) is 15.1. The van der Waals surface area contributed by atoms with Gasteiger partial charge < -0.3 is 4.74 Å². The second-order valence-corrected chi connectivity index (χ2v) is 4.58. The number of benzene rings is 2. The van der Waals surface area contributed by atoms with Crippen LogP contribution in [0.5, 0.6) is 0 Å². The smallest absolute Gasteiger partial charge is 0.278 e. The average molecular weight is 313 g/mol. The molecule has 1 amide bonds. The fraction of sp³-hybridized carbons (Fsp3) is 0.125. The zero-order valence-electron chi connectivity index (χ0n) is 12.4. The zero-order valence-corrected chi connectivity index (χ0v) is 12.4. The molecule has 0 aromatic heterocycles. The molecule has 0 unspecified atom stereocenters. The topological polar surface area (TPSA) is 93.8 Å². The molecule has 7 heteroatoms. The van der Waals surface area contributed by atoms with Crippen LogP contribution in [0, 0.1) is 10.1 Å². The molecule has 2 aromatic carbocycles. The van der Waals surface area contributed by atoms with Crippen molar-refractivity contribution in [1.82, 2.24) is 5.43 Å².